The molecular formula is C22H28N2O6S. The molecule has 1 amide bonds. The molecule has 1 saturated heterocycles. The second kappa shape index (κ2) is 9.57. The van der Waals surface area contributed by atoms with Crippen LogP contribution in [0.15, 0.2) is 41.3 Å². The minimum atomic E-state index is -3.64. The summed E-state index contributed by atoms with van der Waals surface area (Å²) in [5.41, 5.74) is 1.04. The summed E-state index contributed by atoms with van der Waals surface area (Å²) in [5, 5.41) is 0. The van der Waals surface area contributed by atoms with Gasteiger partial charge in [-0.3, -0.25) is 4.79 Å². The van der Waals surface area contributed by atoms with Gasteiger partial charge in [-0.15, -0.1) is 0 Å². The molecule has 0 bridgehead atoms. The molecule has 1 fully saturated rings. The second-order valence-electron chi connectivity index (χ2n) is 7.32. The number of rotatable bonds is 8. The Hall–Kier alpha value is -2.78. The maximum atomic E-state index is 13.2. The van der Waals surface area contributed by atoms with E-state index < -0.39 is 10.0 Å². The number of benzene rings is 2. The van der Waals surface area contributed by atoms with Crippen LogP contribution in [0.1, 0.15) is 28.8 Å². The summed E-state index contributed by atoms with van der Waals surface area (Å²) < 4.78 is 43.2. The zero-order valence-electron chi connectivity index (χ0n) is 18.3. The van der Waals surface area contributed by atoms with Crippen LogP contribution in [0.3, 0.4) is 0 Å². The number of hydrogen-bond donors (Lipinski definition) is 0. The third-order valence-electron chi connectivity index (χ3n) is 5.32. The highest BCUT2D eigenvalue weighted by Crippen LogP contribution is 2.30. The van der Waals surface area contributed by atoms with Crippen molar-refractivity contribution in [3.8, 4) is 17.2 Å². The molecule has 1 aliphatic heterocycles. The third kappa shape index (κ3) is 4.77. The molecule has 0 aromatic heterocycles. The Morgan fingerprint density at radius 3 is 2.16 bits per heavy atom. The van der Waals surface area contributed by atoms with Crippen LogP contribution in [0.2, 0.25) is 0 Å². The topological polar surface area (TPSA) is 85.4 Å². The van der Waals surface area contributed by atoms with E-state index in [0.29, 0.717) is 36.9 Å². The first-order valence-corrected chi connectivity index (χ1v) is 11.4. The van der Waals surface area contributed by atoms with Gasteiger partial charge < -0.3 is 19.1 Å². The molecule has 0 N–H and O–H groups in total. The minimum absolute atomic E-state index is 0.0954. The Kier molecular flexibility index (Phi) is 7.07. The molecular weight excluding hydrogens is 420 g/mol. The molecule has 0 saturated carbocycles. The van der Waals surface area contributed by atoms with E-state index in [1.54, 1.807) is 33.4 Å². The standard InChI is InChI=1S/C22H28N2O6S/c1-23(15-16-7-9-20(29-3)21(13-16)30-4)22(25)18-14-17(8-10-19(18)28-2)31(26,27)24-11-5-6-12-24/h7-10,13-14H,5-6,11-12,15H2,1-4H3. The lowest BCUT2D eigenvalue weighted by Crippen LogP contribution is -2.29. The van der Waals surface area contributed by atoms with Crippen LogP contribution < -0.4 is 14.2 Å². The number of methoxy groups -OCH3 is 3. The maximum absolute atomic E-state index is 13.2. The first-order chi connectivity index (χ1) is 14.8. The van der Waals surface area contributed by atoms with Crippen molar-refractivity contribution in [2.24, 2.45) is 0 Å². The molecule has 0 spiro atoms. The Labute approximate surface area is 183 Å². The van der Waals surface area contributed by atoms with Gasteiger partial charge in [0.15, 0.2) is 11.5 Å². The third-order valence-corrected chi connectivity index (χ3v) is 7.21. The molecule has 3 rings (SSSR count). The van der Waals surface area contributed by atoms with E-state index in [4.69, 9.17) is 14.2 Å². The second-order valence-corrected chi connectivity index (χ2v) is 9.26. The molecule has 31 heavy (non-hydrogen) atoms. The molecule has 2 aromatic carbocycles. The molecule has 0 aliphatic carbocycles. The number of carbonyl (C=O) groups is 1. The number of hydrogen-bond acceptors (Lipinski definition) is 6. The van der Waals surface area contributed by atoms with Gasteiger partial charge in [0.05, 0.1) is 31.8 Å². The molecule has 1 aliphatic rings. The number of nitrogens with zero attached hydrogens (tertiary/aromatic N) is 2. The smallest absolute Gasteiger partial charge is 0.257 e. The van der Waals surface area contributed by atoms with Crippen molar-refractivity contribution in [2.45, 2.75) is 24.3 Å². The SMILES string of the molecule is COc1ccc(CN(C)C(=O)c2cc(S(=O)(=O)N3CCCC3)ccc2OC)cc1OC. The summed E-state index contributed by atoms with van der Waals surface area (Å²) in [7, 11) is 2.57. The van der Waals surface area contributed by atoms with Gasteiger partial charge in [-0.25, -0.2) is 8.42 Å². The highest BCUT2D eigenvalue weighted by Gasteiger charge is 2.29. The zero-order valence-corrected chi connectivity index (χ0v) is 19.1. The monoisotopic (exact) mass is 448 g/mol. The van der Waals surface area contributed by atoms with E-state index in [1.807, 2.05) is 6.07 Å². The first-order valence-electron chi connectivity index (χ1n) is 9.96. The van der Waals surface area contributed by atoms with Crippen molar-refractivity contribution in [3.05, 3.63) is 47.5 Å². The molecule has 0 unspecified atom stereocenters. The highest BCUT2D eigenvalue weighted by molar-refractivity contribution is 7.89. The fourth-order valence-corrected chi connectivity index (χ4v) is 5.17. The van der Waals surface area contributed by atoms with Crippen molar-refractivity contribution >= 4 is 15.9 Å². The Bertz CT molecular complexity index is 1050. The lowest BCUT2D eigenvalue weighted by Gasteiger charge is -2.21. The van der Waals surface area contributed by atoms with Crippen molar-refractivity contribution in [1.29, 1.82) is 0 Å². The average molecular weight is 449 g/mol. The first kappa shape index (κ1) is 22.9. The lowest BCUT2D eigenvalue weighted by molar-refractivity contribution is 0.0781. The van der Waals surface area contributed by atoms with Crippen LogP contribution in [0.25, 0.3) is 0 Å². The quantitative estimate of drug-likeness (QED) is 0.617. The van der Waals surface area contributed by atoms with E-state index in [-0.39, 0.29) is 16.4 Å². The summed E-state index contributed by atoms with van der Waals surface area (Å²) in [5.74, 6) is 1.15. The maximum Gasteiger partial charge on any atom is 0.257 e. The average Bonchev–Trinajstić information content (AvgIpc) is 3.33. The molecule has 8 nitrogen and oxygen atoms in total. The van der Waals surface area contributed by atoms with Gasteiger partial charge in [0, 0.05) is 26.7 Å². The van der Waals surface area contributed by atoms with Crippen molar-refractivity contribution < 1.29 is 27.4 Å². The van der Waals surface area contributed by atoms with Crippen molar-refractivity contribution in [2.75, 3.05) is 41.5 Å². The molecule has 0 radical (unpaired) electrons. The molecule has 0 atom stereocenters. The van der Waals surface area contributed by atoms with Crippen molar-refractivity contribution in [1.82, 2.24) is 9.21 Å². The Morgan fingerprint density at radius 2 is 1.55 bits per heavy atom. The highest BCUT2D eigenvalue weighted by atomic mass is 32.2. The summed E-state index contributed by atoms with van der Waals surface area (Å²) >= 11 is 0. The Balaban J connectivity index is 1.87. The van der Waals surface area contributed by atoms with Gasteiger partial charge in [-0.05, 0) is 48.7 Å². The fourth-order valence-electron chi connectivity index (χ4n) is 3.62. The largest absolute Gasteiger partial charge is 0.496 e. The van der Waals surface area contributed by atoms with E-state index in [1.165, 1.54) is 34.5 Å². The zero-order chi connectivity index (χ0) is 22.6. The normalized spacial score (nSPS) is 14.3. The van der Waals surface area contributed by atoms with Crippen LogP contribution in [0.5, 0.6) is 17.2 Å². The summed E-state index contributed by atoms with van der Waals surface area (Å²) in [6.07, 6.45) is 1.68. The van der Waals surface area contributed by atoms with Gasteiger partial charge in [0.25, 0.3) is 5.91 Å². The van der Waals surface area contributed by atoms with E-state index in [0.717, 1.165) is 18.4 Å². The van der Waals surface area contributed by atoms with Gasteiger partial charge in [0.1, 0.15) is 5.75 Å². The minimum Gasteiger partial charge on any atom is -0.496 e. The number of sulfonamides is 1. The predicted molar refractivity (Wildman–Crippen MR) is 116 cm³/mol. The molecule has 168 valence electrons. The van der Waals surface area contributed by atoms with Crippen LogP contribution in [-0.4, -0.2) is 65.0 Å². The van der Waals surface area contributed by atoms with Crippen LogP contribution in [0, 0.1) is 0 Å². The van der Waals surface area contributed by atoms with Crippen LogP contribution >= 0.6 is 0 Å². The van der Waals surface area contributed by atoms with Gasteiger partial charge >= 0.3 is 0 Å². The fraction of sp³-hybridized carbons (Fsp3) is 0.409. The lowest BCUT2D eigenvalue weighted by atomic mass is 10.1. The van der Waals surface area contributed by atoms with E-state index in [9.17, 15) is 13.2 Å². The van der Waals surface area contributed by atoms with Gasteiger partial charge in [0.2, 0.25) is 10.0 Å². The van der Waals surface area contributed by atoms with Crippen LogP contribution in [0.4, 0.5) is 0 Å². The van der Waals surface area contributed by atoms with Gasteiger partial charge in [-0.2, -0.15) is 4.31 Å². The molecule has 9 heteroatoms. The number of amides is 1. The Morgan fingerprint density at radius 1 is 0.935 bits per heavy atom. The number of carbonyl (C=O) groups excluding carboxylic acids is 1. The summed E-state index contributed by atoms with van der Waals surface area (Å²) in [6, 6.07) is 9.83. The predicted octanol–water partition coefficient (Wildman–Crippen LogP) is 2.77. The molecule has 1 heterocycles. The van der Waals surface area contributed by atoms with E-state index in [2.05, 4.69) is 0 Å². The van der Waals surface area contributed by atoms with Gasteiger partial charge in [-0.1, -0.05) is 6.07 Å². The van der Waals surface area contributed by atoms with E-state index >= 15 is 0 Å². The summed E-state index contributed by atoms with van der Waals surface area (Å²) in [4.78, 5) is 14.8. The summed E-state index contributed by atoms with van der Waals surface area (Å²) in [6.45, 7) is 1.29. The van der Waals surface area contributed by atoms with Crippen molar-refractivity contribution in [3.63, 3.8) is 0 Å². The number of ether oxygens (including phenoxy) is 3. The molecule has 2 aromatic rings. The van der Waals surface area contributed by atoms with Crippen LogP contribution in [-0.2, 0) is 16.6 Å².